The van der Waals surface area contributed by atoms with Gasteiger partial charge in [-0.3, -0.25) is 10.1 Å². The van der Waals surface area contributed by atoms with Gasteiger partial charge in [-0.05, 0) is 36.8 Å². The highest BCUT2D eigenvalue weighted by Gasteiger charge is 2.16. The minimum atomic E-state index is -0.238. The van der Waals surface area contributed by atoms with E-state index in [1.165, 1.54) is 11.3 Å². The van der Waals surface area contributed by atoms with E-state index >= 15 is 0 Å². The van der Waals surface area contributed by atoms with Gasteiger partial charge >= 0.3 is 0 Å². The number of fused-ring (bicyclic) bond motifs is 1. The fraction of sp³-hybridized carbons (Fsp3) is 0.0385. The van der Waals surface area contributed by atoms with E-state index in [0.717, 1.165) is 33.3 Å². The van der Waals surface area contributed by atoms with Gasteiger partial charge in [0.2, 0.25) is 0 Å². The molecule has 0 saturated carbocycles. The van der Waals surface area contributed by atoms with E-state index in [-0.39, 0.29) is 5.91 Å². The molecule has 1 N–H and O–H groups in total. The zero-order valence-corrected chi connectivity index (χ0v) is 19.8. The van der Waals surface area contributed by atoms with E-state index in [1.54, 1.807) is 12.1 Å². The first-order chi connectivity index (χ1) is 16.0. The van der Waals surface area contributed by atoms with Gasteiger partial charge in [-0.2, -0.15) is 0 Å². The summed E-state index contributed by atoms with van der Waals surface area (Å²) in [4.78, 5) is 22.7. The maximum atomic E-state index is 13.3. The minimum Gasteiger partial charge on any atom is -0.298 e. The number of halogens is 2. The van der Waals surface area contributed by atoms with Crippen LogP contribution in [-0.4, -0.2) is 15.9 Å². The molecule has 0 fully saturated rings. The van der Waals surface area contributed by atoms with Crippen LogP contribution in [0.2, 0.25) is 10.0 Å². The van der Waals surface area contributed by atoms with Crippen molar-refractivity contribution in [2.45, 2.75) is 6.92 Å². The van der Waals surface area contributed by atoms with Crippen LogP contribution >= 0.6 is 34.5 Å². The predicted octanol–water partition coefficient (Wildman–Crippen LogP) is 7.89. The molecule has 0 saturated heterocycles. The molecule has 7 heteroatoms. The molecular formula is C26H17Cl2N3OS. The monoisotopic (exact) mass is 489 g/mol. The number of carbonyl (C=O) groups excluding carboxylic acids is 1. The molecule has 5 rings (SSSR count). The zero-order valence-electron chi connectivity index (χ0n) is 17.5. The lowest BCUT2D eigenvalue weighted by Gasteiger charge is -2.11. The molecule has 0 bridgehead atoms. The second-order valence-electron chi connectivity index (χ2n) is 7.51. The van der Waals surface area contributed by atoms with E-state index in [2.05, 4.69) is 10.3 Å². The van der Waals surface area contributed by atoms with Crippen LogP contribution in [0, 0.1) is 6.92 Å². The van der Waals surface area contributed by atoms with Crippen LogP contribution in [0.5, 0.6) is 0 Å². The SMILES string of the molecule is Cc1ccccc1-c1cc(C(=O)Nc2nc(-c3ccc(Cl)c(Cl)c3)cs2)c2ccccc2n1. The summed E-state index contributed by atoms with van der Waals surface area (Å²) in [7, 11) is 0. The van der Waals surface area contributed by atoms with Crippen molar-refractivity contribution in [2.24, 2.45) is 0 Å². The first-order valence-corrected chi connectivity index (χ1v) is 11.8. The van der Waals surface area contributed by atoms with E-state index in [4.69, 9.17) is 28.2 Å². The highest BCUT2D eigenvalue weighted by atomic mass is 35.5. The van der Waals surface area contributed by atoms with Crippen LogP contribution < -0.4 is 5.32 Å². The number of nitrogens with one attached hydrogen (secondary N) is 1. The molecule has 33 heavy (non-hydrogen) atoms. The molecule has 2 heterocycles. The molecule has 0 aliphatic heterocycles. The number of carbonyl (C=O) groups is 1. The fourth-order valence-corrected chi connectivity index (χ4v) is 4.66. The van der Waals surface area contributed by atoms with Crippen molar-refractivity contribution in [1.82, 2.24) is 9.97 Å². The third kappa shape index (κ3) is 4.35. The first kappa shape index (κ1) is 21.6. The lowest BCUT2D eigenvalue weighted by molar-refractivity contribution is 0.102. The Morgan fingerprint density at radius 3 is 2.48 bits per heavy atom. The summed E-state index contributed by atoms with van der Waals surface area (Å²) in [5, 5.41) is 7.04. The molecule has 0 aliphatic carbocycles. The number of rotatable bonds is 4. The van der Waals surface area contributed by atoms with Gasteiger partial charge in [0.25, 0.3) is 5.91 Å². The molecule has 3 aromatic carbocycles. The number of aryl methyl sites for hydroxylation is 1. The van der Waals surface area contributed by atoms with Crippen molar-refractivity contribution in [3.63, 3.8) is 0 Å². The van der Waals surface area contributed by atoms with Gasteiger partial charge in [0.05, 0.1) is 32.5 Å². The molecule has 0 unspecified atom stereocenters. The minimum absolute atomic E-state index is 0.238. The second-order valence-corrected chi connectivity index (χ2v) is 9.18. The Morgan fingerprint density at radius 2 is 1.67 bits per heavy atom. The van der Waals surface area contributed by atoms with Crippen molar-refractivity contribution < 1.29 is 4.79 Å². The Labute approximate surface area is 204 Å². The Hall–Kier alpha value is -3.25. The van der Waals surface area contributed by atoms with Crippen molar-refractivity contribution in [2.75, 3.05) is 5.32 Å². The van der Waals surface area contributed by atoms with Gasteiger partial charge in [0.15, 0.2) is 5.13 Å². The summed E-state index contributed by atoms with van der Waals surface area (Å²) in [5.41, 5.74) is 5.70. The first-order valence-electron chi connectivity index (χ1n) is 10.2. The average Bonchev–Trinajstić information content (AvgIpc) is 3.29. The summed E-state index contributed by atoms with van der Waals surface area (Å²) >= 11 is 13.5. The van der Waals surface area contributed by atoms with Crippen molar-refractivity contribution in [3.8, 4) is 22.5 Å². The summed E-state index contributed by atoms with van der Waals surface area (Å²) in [6, 6.07) is 22.8. The smallest absolute Gasteiger partial charge is 0.258 e. The Balaban J connectivity index is 1.50. The number of thiazole rings is 1. The highest BCUT2D eigenvalue weighted by molar-refractivity contribution is 7.14. The van der Waals surface area contributed by atoms with Crippen molar-refractivity contribution in [1.29, 1.82) is 0 Å². The van der Waals surface area contributed by atoms with Crippen LogP contribution in [0.3, 0.4) is 0 Å². The number of para-hydroxylation sites is 1. The Kier molecular flexibility index (Phi) is 5.85. The van der Waals surface area contributed by atoms with E-state index in [1.807, 2.05) is 73.0 Å². The number of hydrogen-bond acceptors (Lipinski definition) is 4. The van der Waals surface area contributed by atoms with Crippen LogP contribution in [0.1, 0.15) is 15.9 Å². The molecule has 1 amide bonds. The number of hydrogen-bond donors (Lipinski definition) is 1. The standard InChI is InChI=1S/C26H17Cl2N3OS/c1-15-6-2-3-7-17(15)23-13-19(18-8-4-5-9-22(18)29-23)25(32)31-26-30-24(14-33-26)16-10-11-20(27)21(28)12-16/h2-14H,1H3,(H,30,31,32). The zero-order chi connectivity index (χ0) is 22.9. The van der Waals surface area contributed by atoms with Crippen LogP contribution in [-0.2, 0) is 0 Å². The Bertz CT molecular complexity index is 1510. The van der Waals surface area contributed by atoms with E-state index < -0.39 is 0 Å². The highest BCUT2D eigenvalue weighted by Crippen LogP contribution is 2.31. The van der Waals surface area contributed by atoms with Gasteiger partial charge in [-0.25, -0.2) is 9.97 Å². The third-order valence-electron chi connectivity index (χ3n) is 5.32. The summed E-state index contributed by atoms with van der Waals surface area (Å²) < 4.78 is 0. The van der Waals surface area contributed by atoms with Crippen LogP contribution in [0.4, 0.5) is 5.13 Å². The van der Waals surface area contributed by atoms with Crippen molar-refractivity contribution in [3.05, 3.63) is 99.3 Å². The van der Waals surface area contributed by atoms with Crippen molar-refractivity contribution >= 4 is 56.5 Å². The predicted molar refractivity (Wildman–Crippen MR) is 137 cm³/mol. The fourth-order valence-electron chi connectivity index (χ4n) is 3.65. The van der Waals surface area contributed by atoms with Crippen LogP contribution in [0.25, 0.3) is 33.4 Å². The number of aromatic nitrogens is 2. The molecule has 5 aromatic rings. The van der Waals surface area contributed by atoms with Gasteiger partial charge < -0.3 is 0 Å². The topological polar surface area (TPSA) is 54.9 Å². The number of anilines is 1. The lowest BCUT2D eigenvalue weighted by atomic mass is 10.0. The van der Waals surface area contributed by atoms with Gasteiger partial charge in [-0.1, -0.05) is 71.7 Å². The third-order valence-corrected chi connectivity index (χ3v) is 6.82. The van der Waals surface area contributed by atoms with Gasteiger partial charge in [-0.15, -0.1) is 11.3 Å². The maximum absolute atomic E-state index is 13.3. The molecule has 0 atom stereocenters. The van der Waals surface area contributed by atoms with E-state index in [9.17, 15) is 4.79 Å². The normalized spacial score (nSPS) is 11.0. The number of benzene rings is 3. The lowest BCUT2D eigenvalue weighted by Crippen LogP contribution is -2.13. The number of pyridine rings is 1. The summed E-state index contributed by atoms with van der Waals surface area (Å²) in [6.07, 6.45) is 0. The molecule has 0 aliphatic rings. The Morgan fingerprint density at radius 1 is 0.879 bits per heavy atom. The quantitative estimate of drug-likeness (QED) is 0.279. The maximum Gasteiger partial charge on any atom is 0.258 e. The molecule has 0 radical (unpaired) electrons. The number of amides is 1. The average molecular weight is 490 g/mol. The summed E-state index contributed by atoms with van der Waals surface area (Å²) in [5.74, 6) is -0.238. The molecule has 4 nitrogen and oxygen atoms in total. The molecule has 162 valence electrons. The number of nitrogens with zero attached hydrogens (tertiary/aromatic N) is 2. The van der Waals surface area contributed by atoms with Gasteiger partial charge in [0.1, 0.15) is 0 Å². The largest absolute Gasteiger partial charge is 0.298 e. The van der Waals surface area contributed by atoms with Crippen LogP contribution in [0.15, 0.2) is 78.2 Å². The molecule has 2 aromatic heterocycles. The molecule has 0 spiro atoms. The van der Waals surface area contributed by atoms with Gasteiger partial charge in [0, 0.05) is 21.9 Å². The summed E-state index contributed by atoms with van der Waals surface area (Å²) in [6.45, 7) is 2.03. The second kappa shape index (κ2) is 8.94. The van der Waals surface area contributed by atoms with E-state index in [0.29, 0.717) is 26.4 Å². The molecular weight excluding hydrogens is 473 g/mol.